The molecule has 0 radical (unpaired) electrons. The number of hydrogen-bond acceptors (Lipinski definition) is 16. The molecule has 0 bridgehead atoms. The first-order valence-corrected chi connectivity index (χ1v) is 38.0. The predicted molar refractivity (Wildman–Crippen MR) is 345 cm³/mol. The Kier molecular flexibility index (Phi) is 49.9. The van der Waals surface area contributed by atoms with Gasteiger partial charge in [-0.15, -0.1) is 0 Å². The highest BCUT2D eigenvalue weighted by molar-refractivity contribution is 7.47. The molecule has 2 aliphatic heterocycles. The first-order chi connectivity index (χ1) is 42.5. The van der Waals surface area contributed by atoms with Crippen molar-refractivity contribution in [2.75, 3.05) is 47.3 Å². The van der Waals surface area contributed by atoms with E-state index in [-0.39, 0.29) is 44.7 Å². The standard InChI is InChI=1S/C66H127NO19P2/c1-7-11-15-19-22-25-26-27-28-29-30-31-33-36-40-44-49-80-64-61(71)66(84-57(52-77-5)62(64)85-88(75,76)82-50-47-55(78-6)46-42-37-18-14-10-4)81-53-56-60(70)63(79-48-43-39-35-24-21-17-13-9-3)59(65(83-56)86-87(72,73)74)67-58(69)51-54(68)45-41-38-34-32-23-20-16-12-8-2/h25-26,55-57,59-66,70-71H,7-24,27-53H2,1-6H3,(H,67,69)(H,75,76)(H2,72,73,74)/b26-25-/t55?,56-,57-,59-,60-,61-,62-,63-,64-,65+,66-/m1/s1. The third kappa shape index (κ3) is 40.1. The average Bonchev–Trinajstić information content (AvgIpc) is 1.90. The number of carbonyl (C=O) groups excluding carboxylic acids is 2. The van der Waals surface area contributed by atoms with Crippen LogP contribution >= 0.6 is 15.6 Å². The van der Waals surface area contributed by atoms with Gasteiger partial charge in [0.15, 0.2) is 12.6 Å². The van der Waals surface area contributed by atoms with Crippen molar-refractivity contribution in [3.8, 4) is 0 Å². The number of ether oxygens (including phenoxy) is 7. The summed E-state index contributed by atoms with van der Waals surface area (Å²) in [6.45, 7) is 8.02. The molecule has 22 heteroatoms. The topological polar surface area (TPSA) is 274 Å². The van der Waals surface area contributed by atoms with Gasteiger partial charge in [-0.2, -0.15) is 0 Å². The Morgan fingerprint density at radius 3 is 1.48 bits per heavy atom. The summed E-state index contributed by atoms with van der Waals surface area (Å²) in [4.78, 5) is 58.2. The summed E-state index contributed by atoms with van der Waals surface area (Å²) >= 11 is 0. The molecule has 2 unspecified atom stereocenters. The van der Waals surface area contributed by atoms with E-state index in [1.54, 1.807) is 7.11 Å². The molecule has 0 spiro atoms. The van der Waals surface area contributed by atoms with Crippen LogP contribution in [0.25, 0.3) is 0 Å². The van der Waals surface area contributed by atoms with E-state index in [0.29, 0.717) is 25.7 Å². The maximum absolute atomic E-state index is 13.8. The molecule has 1 amide bonds. The highest BCUT2D eigenvalue weighted by Crippen LogP contribution is 2.48. The van der Waals surface area contributed by atoms with Crippen molar-refractivity contribution >= 4 is 27.3 Å². The SMILES string of the molecule is CCCCCC/C=C\CCCCCCCCCCO[C@@H]1[C@@H](O)[C@H](OC[C@H]2O[C@@H](OP(=O)(O)O)[C@H](NC(=O)CC(=O)CCCCCCCCCCC)[C@@H](OCCCCCCCCCC)[C@@H]2O)O[C@H](COC)[C@H]1OP(=O)(O)OCCC(CCCCCCC)OC. The van der Waals surface area contributed by atoms with Crippen LogP contribution in [-0.4, -0.2) is 151 Å². The molecule has 6 N–H and O–H groups in total. The quantitative estimate of drug-likeness (QED) is 0.0143. The number of rotatable bonds is 60. The molecule has 88 heavy (non-hydrogen) atoms. The summed E-state index contributed by atoms with van der Waals surface area (Å²) in [6, 6.07) is -1.49. The predicted octanol–water partition coefficient (Wildman–Crippen LogP) is 14.5. The molecular weight excluding hydrogens is 1170 g/mol. The van der Waals surface area contributed by atoms with Gasteiger partial charge in [-0.25, -0.2) is 9.13 Å². The second-order valence-corrected chi connectivity index (χ2v) is 27.2. The van der Waals surface area contributed by atoms with Crippen LogP contribution in [0.3, 0.4) is 0 Å². The van der Waals surface area contributed by atoms with Crippen molar-refractivity contribution in [3.63, 3.8) is 0 Å². The number of methoxy groups -OCH3 is 2. The number of hydrogen-bond donors (Lipinski definition) is 6. The van der Waals surface area contributed by atoms with Crippen LogP contribution in [0.5, 0.6) is 0 Å². The van der Waals surface area contributed by atoms with Crippen molar-refractivity contribution in [3.05, 3.63) is 12.2 Å². The maximum atomic E-state index is 13.8. The lowest BCUT2D eigenvalue weighted by Gasteiger charge is -2.46. The fourth-order valence-electron chi connectivity index (χ4n) is 11.5. The van der Waals surface area contributed by atoms with Crippen molar-refractivity contribution in [1.29, 1.82) is 0 Å². The number of amides is 1. The molecule has 2 heterocycles. The van der Waals surface area contributed by atoms with Crippen molar-refractivity contribution < 1.29 is 90.3 Å². The van der Waals surface area contributed by atoms with E-state index < -0.39 is 95.9 Å². The first-order valence-electron chi connectivity index (χ1n) is 34.9. The van der Waals surface area contributed by atoms with Crippen molar-refractivity contribution in [2.45, 2.75) is 352 Å². The summed E-state index contributed by atoms with van der Waals surface area (Å²) in [7, 11) is -7.20. The highest BCUT2D eigenvalue weighted by atomic mass is 31.2. The number of Topliss-reactive ketones (excluding diaryl/α,β-unsaturated/α-hetero) is 1. The molecule has 0 aromatic rings. The van der Waals surface area contributed by atoms with Crippen LogP contribution in [0.1, 0.15) is 285 Å². The van der Waals surface area contributed by atoms with Crippen LogP contribution in [0, 0.1) is 0 Å². The summed E-state index contributed by atoms with van der Waals surface area (Å²) in [5, 5.41) is 26.9. The first kappa shape index (κ1) is 82.8. The summed E-state index contributed by atoms with van der Waals surface area (Å²) in [6.07, 6.45) is 30.1. The van der Waals surface area contributed by atoms with Gasteiger partial charge in [0.1, 0.15) is 54.6 Å². The second-order valence-electron chi connectivity index (χ2n) is 24.6. The number of aliphatic hydroxyl groups excluding tert-OH is 2. The minimum absolute atomic E-state index is 0.0995. The maximum Gasteiger partial charge on any atom is 0.472 e. The van der Waals surface area contributed by atoms with Gasteiger partial charge in [-0.05, 0) is 57.8 Å². The number of nitrogens with one attached hydrogen (secondary N) is 1. The Bertz CT molecular complexity index is 1820. The highest BCUT2D eigenvalue weighted by Gasteiger charge is 2.53. The van der Waals surface area contributed by atoms with Crippen LogP contribution in [0.4, 0.5) is 0 Å². The Morgan fingerprint density at radius 1 is 0.500 bits per heavy atom. The van der Waals surface area contributed by atoms with Crippen LogP contribution in [0.2, 0.25) is 0 Å². The van der Waals surface area contributed by atoms with E-state index in [1.165, 1.54) is 77.7 Å². The van der Waals surface area contributed by atoms with Gasteiger partial charge in [0.2, 0.25) is 5.91 Å². The summed E-state index contributed by atoms with van der Waals surface area (Å²) in [5.41, 5.74) is 0. The molecule has 0 saturated carbocycles. The number of ketones is 1. The molecule has 0 aliphatic carbocycles. The van der Waals surface area contributed by atoms with E-state index in [0.717, 1.165) is 148 Å². The fraction of sp³-hybridized carbons (Fsp3) is 0.939. The Hall–Kier alpha value is -1.26. The molecule has 0 aromatic heterocycles. The molecule has 20 nitrogen and oxygen atoms in total. The summed E-state index contributed by atoms with van der Waals surface area (Å²) < 4.78 is 85.2. The van der Waals surface area contributed by atoms with E-state index in [2.05, 4.69) is 45.2 Å². The number of allylic oxidation sites excluding steroid dienone is 2. The lowest BCUT2D eigenvalue weighted by atomic mass is 9.96. The van der Waals surface area contributed by atoms with E-state index in [1.807, 2.05) is 0 Å². The van der Waals surface area contributed by atoms with Crippen LogP contribution in [-0.2, 0) is 65.4 Å². The number of phosphoric acid groups is 2. The number of phosphoric ester groups is 2. The van der Waals surface area contributed by atoms with Crippen molar-refractivity contribution in [2.24, 2.45) is 0 Å². The Morgan fingerprint density at radius 2 is 0.966 bits per heavy atom. The van der Waals surface area contributed by atoms with E-state index in [9.17, 15) is 43.6 Å². The molecule has 2 aliphatic rings. The Balaban J connectivity index is 2.29. The molecule has 2 saturated heterocycles. The lowest BCUT2D eigenvalue weighted by Crippen LogP contribution is -2.66. The average molecular weight is 1300 g/mol. The molecular formula is C66H127NO19P2. The van der Waals surface area contributed by atoms with E-state index >= 15 is 0 Å². The normalized spacial score (nSPS) is 23.6. The lowest BCUT2D eigenvalue weighted by molar-refractivity contribution is -0.321. The number of aliphatic hydroxyl groups is 2. The van der Waals surface area contributed by atoms with Gasteiger partial charge < -0.3 is 63.4 Å². The molecule has 520 valence electrons. The summed E-state index contributed by atoms with van der Waals surface area (Å²) in [5.74, 6) is -1.07. The van der Waals surface area contributed by atoms with Gasteiger partial charge in [0.05, 0.1) is 32.3 Å². The third-order valence-corrected chi connectivity index (χ3v) is 18.2. The molecule has 0 aromatic carbocycles. The zero-order chi connectivity index (χ0) is 64.5. The van der Waals surface area contributed by atoms with Crippen molar-refractivity contribution in [1.82, 2.24) is 5.32 Å². The number of carbonyl (C=O) groups is 2. The van der Waals surface area contributed by atoms with Gasteiger partial charge in [-0.1, -0.05) is 226 Å². The van der Waals surface area contributed by atoms with Gasteiger partial charge in [-0.3, -0.25) is 23.2 Å². The van der Waals surface area contributed by atoms with Crippen LogP contribution in [0.15, 0.2) is 12.2 Å². The monoisotopic (exact) mass is 1300 g/mol. The largest absolute Gasteiger partial charge is 0.472 e. The second kappa shape index (κ2) is 53.0. The third-order valence-electron chi connectivity index (χ3n) is 16.7. The molecule has 2 rings (SSSR count). The molecule has 2 fully saturated rings. The van der Waals surface area contributed by atoms with Gasteiger partial charge >= 0.3 is 15.6 Å². The minimum atomic E-state index is -5.35. The zero-order valence-corrected chi connectivity index (χ0v) is 57.5. The minimum Gasteiger partial charge on any atom is -0.388 e. The Labute approximate surface area is 532 Å². The smallest absolute Gasteiger partial charge is 0.388 e. The number of unbranched alkanes of at least 4 members (excludes halogenated alkanes) is 31. The fourth-order valence-corrected chi connectivity index (χ4v) is 12.9. The van der Waals surface area contributed by atoms with Crippen LogP contribution < -0.4 is 5.32 Å². The van der Waals surface area contributed by atoms with Gasteiger partial charge in [0, 0.05) is 33.9 Å². The van der Waals surface area contributed by atoms with Gasteiger partial charge in [0.25, 0.3) is 0 Å². The zero-order valence-electron chi connectivity index (χ0n) is 55.7. The molecule has 12 atom stereocenters. The van der Waals surface area contributed by atoms with E-state index in [4.69, 9.17) is 46.7 Å².